The normalized spacial score (nSPS) is 16.2. The Balaban J connectivity index is 1.61. The second-order valence-corrected chi connectivity index (χ2v) is 6.84. The van der Waals surface area contributed by atoms with Gasteiger partial charge in [0.2, 0.25) is 0 Å². The third-order valence-corrected chi connectivity index (χ3v) is 4.78. The largest absolute Gasteiger partial charge is 0.465 e. The zero-order chi connectivity index (χ0) is 17.9. The van der Waals surface area contributed by atoms with E-state index in [-0.39, 0.29) is 30.9 Å². The number of carbonyl (C=O) groups excluding carboxylic acids is 2. The molecule has 0 aliphatic heterocycles. The summed E-state index contributed by atoms with van der Waals surface area (Å²) < 4.78 is 10.9. The molecule has 1 aliphatic rings. The summed E-state index contributed by atoms with van der Waals surface area (Å²) in [7, 11) is 0. The van der Waals surface area contributed by atoms with E-state index < -0.39 is 0 Å². The standard InChI is InChI=1S/C21H30O4/c1-2-19(18-12-7-4-8-13-18)25-21(23)15-9-14-20(22)24-16-17-10-5-3-6-11-17/h4,7-8,12-13,17,19H,2-3,5-6,9-11,14-16H2,1H3. The monoisotopic (exact) mass is 346 g/mol. The molecule has 138 valence electrons. The molecule has 1 aromatic rings. The van der Waals surface area contributed by atoms with Gasteiger partial charge in [-0.1, -0.05) is 56.5 Å². The first-order chi connectivity index (χ1) is 12.2. The molecule has 1 saturated carbocycles. The molecular weight excluding hydrogens is 316 g/mol. The van der Waals surface area contributed by atoms with Crippen molar-refractivity contribution < 1.29 is 19.1 Å². The van der Waals surface area contributed by atoms with Gasteiger partial charge in [0.1, 0.15) is 6.10 Å². The van der Waals surface area contributed by atoms with Crippen LogP contribution in [0.15, 0.2) is 30.3 Å². The van der Waals surface area contributed by atoms with Gasteiger partial charge in [-0.05, 0) is 37.2 Å². The number of benzene rings is 1. The predicted octanol–water partition coefficient (Wildman–Crippen LogP) is 4.97. The first-order valence-corrected chi connectivity index (χ1v) is 9.59. The van der Waals surface area contributed by atoms with E-state index in [4.69, 9.17) is 9.47 Å². The molecule has 0 radical (unpaired) electrons. The Kier molecular flexibility index (Phi) is 8.50. The summed E-state index contributed by atoms with van der Waals surface area (Å²) in [6, 6.07) is 9.74. The lowest BCUT2D eigenvalue weighted by atomic mass is 9.90. The maximum atomic E-state index is 12.0. The predicted molar refractivity (Wildman–Crippen MR) is 97.0 cm³/mol. The lowest BCUT2D eigenvalue weighted by Crippen LogP contribution is -2.17. The van der Waals surface area contributed by atoms with Crippen molar-refractivity contribution in [3.8, 4) is 0 Å². The number of hydrogen-bond donors (Lipinski definition) is 0. The van der Waals surface area contributed by atoms with Gasteiger partial charge in [-0.2, -0.15) is 0 Å². The molecule has 0 N–H and O–H groups in total. The summed E-state index contributed by atoms with van der Waals surface area (Å²) in [6.45, 7) is 2.53. The molecule has 25 heavy (non-hydrogen) atoms. The lowest BCUT2D eigenvalue weighted by Gasteiger charge is -2.21. The average molecular weight is 346 g/mol. The topological polar surface area (TPSA) is 52.6 Å². The Morgan fingerprint density at radius 3 is 2.40 bits per heavy atom. The molecule has 0 aromatic heterocycles. The van der Waals surface area contributed by atoms with Crippen molar-refractivity contribution in [1.29, 1.82) is 0 Å². The van der Waals surface area contributed by atoms with E-state index in [1.54, 1.807) is 0 Å². The van der Waals surface area contributed by atoms with E-state index in [0.717, 1.165) is 24.8 Å². The fraction of sp³-hybridized carbons (Fsp3) is 0.619. The molecule has 4 heteroatoms. The third kappa shape index (κ3) is 7.29. The van der Waals surface area contributed by atoms with E-state index in [1.165, 1.54) is 19.3 Å². The van der Waals surface area contributed by atoms with Gasteiger partial charge in [0.05, 0.1) is 6.61 Å². The molecule has 1 aromatic carbocycles. The van der Waals surface area contributed by atoms with Crippen molar-refractivity contribution in [3.63, 3.8) is 0 Å². The van der Waals surface area contributed by atoms with E-state index in [0.29, 0.717) is 18.9 Å². The highest BCUT2D eigenvalue weighted by molar-refractivity contribution is 5.72. The van der Waals surface area contributed by atoms with Gasteiger partial charge in [-0.3, -0.25) is 9.59 Å². The van der Waals surface area contributed by atoms with Gasteiger partial charge in [-0.15, -0.1) is 0 Å². The number of ether oxygens (including phenoxy) is 2. The number of esters is 2. The van der Waals surface area contributed by atoms with E-state index in [9.17, 15) is 9.59 Å². The van der Waals surface area contributed by atoms with Crippen LogP contribution < -0.4 is 0 Å². The van der Waals surface area contributed by atoms with Crippen molar-refractivity contribution in [2.24, 2.45) is 5.92 Å². The molecule has 0 heterocycles. The van der Waals surface area contributed by atoms with Gasteiger partial charge < -0.3 is 9.47 Å². The van der Waals surface area contributed by atoms with E-state index in [2.05, 4.69) is 0 Å². The molecular formula is C21H30O4. The van der Waals surface area contributed by atoms with Crippen molar-refractivity contribution >= 4 is 11.9 Å². The van der Waals surface area contributed by atoms with Crippen LogP contribution in [0.3, 0.4) is 0 Å². The summed E-state index contributed by atoms with van der Waals surface area (Å²) in [5.74, 6) is 0.0723. The average Bonchev–Trinajstić information content (AvgIpc) is 2.66. The molecule has 1 unspecified atom stereocenters. The van der Waals surface area contributed by atoms with Crippen LogP contribution in [0.1, 0.15) is 76.4 Å². The van der Waals surface area contributed by atoms with Crippen molar-refractivity contribution in [2.75, 3.05) is 6.61 Å². The zero-order valence-electron chi connectivity index (χ0n) is 15.2. The fourth-order valence-electron chi connectivity index (χ4n) is 3.29. The smallest absolute Gasteiger partial charge is 0.306 e. The van der Waals surface area contributed by atoms with Crippen LogP contribution in [0.2, 0.25) is 0 Å². The Morgan fingerprint density at radius 1 is 1.04 bits per heavy atom. The van der Waals surface area contributed by atoms with Crippen LogP contribution in [-0.2, 0) is 19.1 Å². The minimum absolute atomic E-state index is 0.200. The molecule has 0 amide bonds. The highest BCUT2D eigenvalue weighted by atomic mass is 16.5. The summed E-state index contributed by atoms with van der Waals surface area (Å²) in [4.78, 5) is 23.8. The maximum Gasteiger partial charge on any atom is 0.306 e. The minimum atomic E-state index is -0.254. The van der Waals surface area contributed by atoms with Crippen LogP contribution >= 0.6 is 0 Å². The van der Waals surface area contributed by atoms with Crippen LogP contribution in [0, 0.1) is 5.92 Å². The molecule has 2 rings (SSSR count). The molecule has 4 nitrogen and oxygen atoms in total. The van der Waals surface area contributed by atoms with E-state index in [1.807, 2.05) is 37.3 Å². The van der Waals surface area contributed by atoms with E-state index >= 15 is 0 Å². The second kappa shape index (κ2) is 10.9. The molecule has 0 bridgehead atoms. The summed E-state index contributed by atoms with van der Waals surface area (Å²) in [5.41, 5.74) is 1.00. The Morgan fingerprint density at radius 2 is 1.72 bits per heavy atom. The van der Waals surface area contributed by atoms with Gasteiger partial charge in [0.25, 0.3) is 0 Å². The molecule has 0 spiro atoms. The van der Waals surface area contributed by atoms with Crippen molar-refractivity contribution in [1.82, 2.24) is 0 Å². The first-order valence-electron chi connectivity index (χ1n) is 9.59. The Hall–Kier alpha value is -1.84. The second-order valence-electron chi connectivity index (χ2n) is 6.84. The quantitative estimate of drug-likeness (QED) is 0.592. The number of carbonyl (C=O) groups is 2. The SMILES string of the molecule is CCC(OC(=O)CCCC(=O)OCC1CCCCC1)c1ccccc1. The maximum absolute atomic E-state index is 12.0. The zero-order valence-corrected chi connectivity index (χ0v) is 15.2. The van der Waals surface area contributed by atoms with Crippen LogP contribution in [-0.4, -0.2) is 18.5 Å². The third-order valence-electron chi connectivity index (χ3n) is 4.78. The Bertz CT molecular complexity index is 520. The highest BCUT2D eigenvalue weighted by Gasteiger charge is 2.17. The van der Waals surface area contributed by atoms with Crippen LogP contribution in [0.4, 0.5) is 0 Å². The fourth-order valence-corrected chi connectivity index (χ4v) is 3.29. The van der Waals surface area contributed by atoms with Gasteiger partial charge in [-0.25, -0.2) is 0 Å². The minimum Gasteiger partial charge on any atom is -0.465 e. The molecule has 1 aliphatic carbocycles. The molecule has 1 fully saturated rings. The van der Waals surface area contributed by atoms with Gasteiger partial charge in [0, 0.05) is 12.8 Å². The molecule has 0 saturated heterocycles. The summed E-state index contributed by atoms with van der Waals surface area (Å²) >= 11 is 0. The first kappa shape index (κ1) is 19.5. The van der Waals surface area contributed by atoms with Gasteiger partial charge >= 0.3 is 11.9 Å². The highest BCUT2D eigenvalue weighted by Crippen LogP contribution is 2.24. The van der Waals surface area contributed by atoms with Crippen LogP contribution in [0.5, 0.6) is 0 Å². The molecule has 1 atom stereocenters. The van der Waals surface area contributed by atoms with Gasteiger partial charge in [0.15, 0.2) is 0 Å². The Labute approximate surface area is 150 Å². The summed E-state index contributed by atoms with van der Waals surface area (Å²) in [6.07, 6.45) is 7.65. The number of hydrogen-bond acceptors (Lipinski definition) is 4. The van der Waals surface area contributed by atoms with Crippen molar-refractivity contribution in [3.05, 3.63) is 35.9 Å². The lowest BCUT2D eigenvalue weighted by molar-refractivity contribution is -0.150. The van der Waals surface area contributed by atoms with Crippen molar-refractivity contribution in [2.45, 2.75) is 70.8 Å². The number of rotatable bonds is 9. The van der Waals surface area contributed by atoms with Crippen LogP contribution in [0.25, 0.3) is 0 Å². The summed E-state index contributed by atoms with van der Waals surface area (Å²) in [5, 5.41) is 0.